The van der Waals surface area contributed by atoms with Crippen molar-refractivity contribution in [3.63, 3.8) is 0 Å². The molecule has 0 saturated heterocycles. The fraction of sp³-hybridized carbons (Fsp3) is 0.500. The van der Waals surface area contributed by atoms with Gasteiger partial charge in [-0.3, -0.25) is 18.8 Å². The summed E-state index contributed by atoms with van der Waals surface area (Å²) in [5.74, 6) is -1.91. The Labute approximate surface area is 157 Å². The van der Waals surface area contributed by atoms with E-state index in [1.165, 1.54) is 27.5 Å². The molecular formula is C16H19N3O5S2. The molecule has 0 radical (unpaired) electrons. The Bertz CT molecular complexity index is 921. The molecule has 0 aliphatic heterocycles. The third-order valence-corrected chi connectivity index (χ3v) is 5.92. The minimum absolute atomic E-state index is 0.127. The fourth-order valence-corrected chi connectivity index (χ4v) is 4.91. The maximum atomic E-state index is 13.1. The molecule has 0 saturated carbocycles. The quantitative estimate of drug-likeness (QED) is 0.564. The molecule has 1 aliphatic rings. The number of nitrogens with zero attached hydrogens (tertiary/aromatic N) is 2. The van der Waals surface area contributed by atoms with E-state index in [2.05, 4.69) is 10.3 Å². The molecule has 0 bridgehead atoms. The molecule has 1 atom stereocenters. The number of thiazole rings is 1. The average molecular weight is 397 g/mol. The van der Waals surface area contributed by atoms with Crippen LogP contribution in [0.2, 0.25) is 0 Å². The number of aliphatic carboxylic acids is 1. The first-order valence-electron chi connectivity index (χ1n) is 8.21. The first-order valence-corrected chi connectivity index (χ1v) is 10.3. The van der Waals surface area contributed by atoms with Gasteiger partial charge >= 0.3 is 5.97 Å². The van der Waals surface area contributed by atoms with E-state index in [-0.39, 0.29) is 11.7 Å². The second-order valence-electron chi connectivity index (χ2n) is 5.74. The number of amides is 1. The molecule has 0 fully saturated rings. The summed E-state index contributed by atoms with van der Waals surface area (Å²) in [5.41, 5.74) is 0.166. The lowest BCUT2D eigenvalue weighted by molar-refractivity contribution is -0.135. The van der Waals surface area contributed by atoms with Crippen molar-refractivity contribution in [2.45, 2.75) is 37.3 Å². The Morgan fingerprint density at radius 2 is 2.27 bits per heavy atom. The first-order chi connectivity index (χ1) is 12.5. The van der Waals surface area contributed by atoms with Crippen LogP contribution in [-0.2, 0) is 16.0 Å². The summed E-state index contributed by atoms with van der Waals surface area (Å²) in [6, 6.07) is 0. The average Bonchev–Trinajstić information content (AvgIpc) is 2.99. The predicted octanol–water partition coefficient (Wildman–Crippen LogP) is 1.71. The summed E-state index contributed by atoms with van der Waals surface area (Å²) in [5, 5.41) is 11.3. The highest BCUT2D eigenvalue weighted by molar-refractivity contribution is 7.98. The minimum Gasteiger partial charge on any atom is -0.480 e. The predicted molar refractivity (Wildman–Crippen MR) is 98.4 cm³/mol. The lowest BCUT2D eigenvalue weighted by Crippen LogP contribution is -2.36. The van der Waals surface area contributed by atoms with Gasteiger partial charge in [0.2, 0.25) is 0 Å². The Hall–Kier alpha value is -1.91. The van der Waals surface area contributed by atoms with Gasteiger partial charge in [0.05, 0.1) is 11.8 Å². The fourth-order valence-electron chi connectivity index (χ4n) is 3.09. The van der Waals surface area contributed by atoms with Crippen LogP contribution < -0.4 is 10.9 Å². The standard InChI is InChI=1S/C16H19N3O5S2/c1-3-24-8-5-4-6-9-12(8)19-15(23)11(13(22)17-7-10(20)21)14(25-2)18-16(19)26-9/h8H,3-7H2,1-2H3,(H,17,22)(H,20,21). The Morgan fingerprint density at radius 3 is 2.92 bits per heavy atom. The van der Waals surface area contributed by atoms with Crippen molar-refractivity contribution in [3.8, 4) is 0 Å². The van der Waals surface area contributed by atoms with Gasteiger partial charge in [-0.2, -0.15) is 0 Å². The summed E-state index contributed by atoms with van der Waals surface area (Å²) in [6.45, 7) is 1.87. The smallest absolute Gasteiger partial charge is 0.322 e. The van der Waals surface area contributed by atoms with Crippen LogP contribution in [0.1, 0.15) is 46.8 Å². The number of fused-ring (bicyclic) bond motifs is 3. The van der Waals surface area contributed by atoms with E-state index in [0.717, 1.165) is 29.8 Å². The highest BCUT2D eigenvalue weighted by Crippen LogP contribution is 2.37. The summed E-state index contributed by atoms with van der Waals surface area (Å²) in [6.07, 6.45) is 4.15. The Balaban J connectivity index is 2.18. The number of aryl methyl sites for hydroxylation is 1. The normalized spacial score (nSPS) is 16.5. The van der Waals surface area contributed by atoms with Crippen molar-refractivity contribution in [1.29, 1.82) is 0 Å². The molecule has 1 unspecified atom stereocenters. The molecule has 26 heavy (non-hydrogen) atoms. The third kappa shape index (κ3) is 3.36. The summed E-state index contributed by atoms with van der Waals surface area (Å²) >= 11 is 2.63. The maximum Gasteiger partial charge on any atom is 0.322 e. The molecule has 140 valence electrons. The van der Waals surface area contributed by atoms with E-state index in [4.69, 9.17) is 9.84 Å². The van der Waals surface area contributed by atoms with Crippen LogP contribution in [0.4, 0.5) is 0 Å². The lowest BCUT2D eigenvalue weighted by atomic mass is 10.00. The lowest BCUT2D eigenvalue weighted by Gasteiger charge is -2.22. The van der Waals surface area contributed by atoms with Crippen LogP contribution in [0.3, 0.4) is 0 Å². The number of carboxylic acid groups (broad SMARTS) is 1. The van der Waals surface area contributed by atoms with E-state index >= 15 is 0 Å². The van der Waals surface area contributed by atoms with Crippen molar-refractivity contribution in [3.05, 3.63) is 26.5 Å². The number of nitrogens with one attached hydrogen (secondary N) is 1. The number of carbonyl (C=O) groups is 2. The van der Waals surface area contributed by atoms with Gasteiger partial charge in [0.25, 0.3) is 11.5 Å². The highest BCUT2D eigenvalue weighted by atomic mass is 32.2. The molecule has 2 aromatic heterocycles. The van der Waals surface area contributed by atoms with Gasteiger partial charge in [-0.25, -0.2) is 4.98 Å². The monoisotopic (exact) mass is 397 g/mol. The van der Waals surface area contributed by atoms with Gasteiger partial charge < -0.3 is 15.2 Å². The Kier molecular flexibility index (Phi) is 5.64. The van der Waals surface area contributed by atoms with Crippen LogP contribution in [0.25, 0.3) is 4.96 Å². The van der Waals surface area contributed by atoms with Crippen molar-refractivity contribution in [2.24, 2.45) is 0 Å². The molecule has 2 heterocycles. The van der Waals surface area contributed by atoms with Crippen LogP contribution in [-0.4, -0.2) is 45.8 Å². The summed E-state index contributed by atoms with van der Waals surface area (Å²) < 4.78 is 7.27. The van der Waals surface area contributed by atoms with Crippen LogP contribution >= 0.6 is 23.1 Å². The zero-order chi connectivity index (χ0) is 18.8. The second-order valence-corrected chi connectivity index (χ2v) is 7.60. The van der Waals surface area contributed by atoms with Gasteiger partial charge in [-0.15, -0.1) is 23.1 Å². The number of hydrogen-bond acceptors (Lipinski definition) is 7. The molecule has 0 aromatic carbocycles. The molecule has 3 rings (SSSR count). The van der Waals surface area contributed by atoms with Crippen molar-refractivity contribution in [2.75, 3.05) is 19.4 Å². The van der Waals surface area contributed by atoms with Gasteiger partial charge in [0.1, 0.15) is 17.1 Å². The third-order valence-electron chi connectivity index (χ3n) is 4.12. The van der Waals surface area contributed by atoms with E-state index in [9.17, 15) is 14.4 Å². The molecule has 2 aromatic rings. The number of hydrogen-bond donors (Lipinski definition) is 2. The van der Waals surface area contributed by atoms with Crippen molar-refractivity contribution in [1.82, 2.24) is 14.7 Å². The molecular weight excluding hydrogens is 378 g/mol. The molecule has 8 nitrogen and oxygen atoms in total. The van der Waals surface area contributed by atoms with Gasteiger partial charge in [0.15, 0.2) is 4.96 Å². The summed E-state index contributed by atoms with van der Waals surface area (Å²) in [7, 11) is 0. The van der Waals surface area contributed by atoms with Crippen molar-refractivity contribution < 1.29 is 19.4 Å². The Morgan fingerprint density at radius 1 is 1.50 bits per heavy atom. The zero-order valence-electron chi connectivity index (χ0n) is 14.4. The van der Waals surface area contributed by atoms with Gasteiger partial charge in [0, 0.05) is 11.5 Å². The minimum atomic E-state index is -1.18. The SMILES string of the molecule is CCOC1CCCc2sc3nc(SC)c(C(=O)NCC(=O)O)c(=O)n3c21. The number of thioether (sulfide) groups is 1. The number of carboxylic acids is 1. The molecule has 1 amide bonds. The summed E-state index contributed by atoms with van der Waals surface area (Å²) in [4.78, 5) is 42.3. The van der Waals surface area contributed by atoms with Crippen LogP contribution in [0.15, 0.2) is 9.82 Å². The molecule has 10 heteroatoms. The van der Waals surface area contributed by atoms with E-state index in [0.29, 0.717) is 16.6 Å². The number of aromatic nitrogens is 2. The van der Waals surface area contributed by atoms with Crippen molar-refractivity contribution >= 4 is 39.9 Å². The maximum absolute atomic E-state index is 13.1. The number of carbonyl (C=O) groups excluding carboxylic acids is 1. The van der Waals surface area contributed by atoms with Gasteiger partial charge in [-0.05, 0) is 32.4 Å². The van der Waals surface area contributed by atoms with E-state index in [1.54, 1.807) is 6.26 Å². The molecule has 2 N–H and O–H groups in total. The number of rotatable bonds is 6. The second kappa shape index (κ2) is 7.77. The molecule has 1 aliphatic carbocycles. The van der Waals surface area contributed by atoms with Crippen LogP contribution in [0, 0.1) is 0 Å². The van der Waals surface area contributed by atoms with E-state index in [1.807, 2.05) is 6.92 Å². The highest BCUT2D eigenvalue weighted by Gasteiger charge is 2.30. The molecule has 0 spiro atoms. The first kappa shape index (κ1) is 18.9. The van der Waals surface area contributed by atoms with Crippen LogP contribution in [0.5, 0.6) is 0 Å². The largest absolute Gasteiger partial charge is 0.480 e. The van der Waals surface area contributed by atoms with E-state index < -0.39 is 24.0 Å². The zero-order valence-corrected chi connectivity index (χ0v) is 16.0. The topological polar surface area (TPSA) is 110 Å². The van der Waals surface area contributed by atoms with Gasteiger partial charge in [-0.1, -0.05) is 0 Å². The number of ether oxygens (including phenoxy) is 1.